The number of aliphatic hydroxyl groups is 1. The SMILES string of the molecule is CC1C(=O)OC(=O)C1C.CC1C(C)C2CC1C1C3CC(C21)C(C)(CO)C3.CC1C2CC(C(=O)OC(C)(C)C)C(C2)C1C.CCC(C)C(=O)OC(C)(C)CCC(C)(C)OC(=O)C(C)CC. The first-order valence-corrected chi connectivity index (χ1v) is 25.5. The molecule has 6 saturated carbocycles. The van der Waals surface area contributed by atoms with E-state index in [1.165, 1.54) is 25.7 Å². The fourth-order valence-corrected chi connectivity index (χ4v) is 12.9. The predicted molar refractivity (Wildman–Crippen MR) is 250 cm³/mol. The van der Waals surface area contributed by atoms with Gasteiger partial charge in [0.15, 0.2) is 0 Å². The van der Waals surface area contributed by atoms with E-state index in [0.717, 1.165) is 78.4 Å². The number of cyclic esters (lactones) is 2. The molecule has 6 bridgehead atoms. The summed E-state index contributed by atoms with van der Waals surface area (Å²) in [5, 5.41) is 9.76. The smallest absolute Gasteiger partial charge is 0.317 e. The first-order chi connectivity index (χ1) is 29.4. The molecule has 1 N–H and O–H groups in total. The molecule has 64 heavy (non-hydrogen) atoms. The van der Waals surface area contributed by atoms with Gasteiger partial charge in [-0.1, -0.05) is 76.2 Å². The Morgan fingerprint density at radius 2 is 1.11 bits per heavy atom. The number of fused-ring (bicyclic) bond motifs is 11. The van der Waals surface area contributed by atoms with Crippen molar-refractivity contribution in [2.45, 2.75) is 199 Å². The average Bonchev–Trinajstić information content (AvgIpc) is 4.08. The fourth-order valence-electron chi connectivity index (χ4n) is 12.9. The van der Waals surface area contributed by atoms with Crippen molar-refractivity contribution in [3.63, 3.8) is 0 Å². The molecule has 7 rings (SSSR count). The molecule has 0 aromatic rings. The second-order valence-corrected chi connectivity index (χ2v) is 24.6. The van der Waals surface area contributed by atoms with E-state index in [0.29, 0.717) is 31.3 Å². The van der Waals surface area contributed by atoms with E-state index in [1.807, 2.05) is 76.2 Å². The van der Waals surface area contributed by atoms with Crippen molar-refractivity contribution in [1.82, 2.24) is 0 Å². The number of hydrogen-bond acceptors (Lipinski definition) is 10. The summed E-state index contributed by atoms with van der Waals surface area (Å²) in [5.74, 6) is 9.06. The molecule has 7 fully saturated rings. The van der Waals surface area contributed by atoms with E-state index >= 15 is 0 Å². The van der Waals surface area contributed by atoms with Gasteiger partial charge in [0.2, 0.25) is 0 Å². The van der Waals surface area contributed by atoms with E-state index < -0.39 is 23.1 Å². The van der Waals surface area contributed by atoms with Crippen LogP contribution in [0.15, 0.2) is 0 Å². The zero-order valence-electron chi connectivity index (χ0n) is 43.5. The van der Waals surface area contributed by atoms with E-state index in [2.05, 4.69) is 39.4 Å². The minimum Gasteiger partial charge on any atom is -0.460 e. The number of esters is 5. The highest BCUT2D eigenvalue weighted by atomic mass is 16.6. The molecule has 0 aromatic carbocycles. The Kier molecular flexibility index (Phi) is 17.6. The van der Waals surface area contributed by atoms with Crippen LogP contribution in [0.25, 0.3) is 0 Å². The maximum absolute atomic E-state index is 12.1. The second kappa shape index (κ2) is 20.8. The maximum Gasteiger partial charge on any atom is 0.317 e. The van der Waals surface area contributed by atoms with E-state index in [9.17, 15) is 29.1 Å². The van der Waals surface area contributed by atoms with Gasteiger partial charge in [-0.3, -0.25) is 24.0 Å². The third-order valence-corrected chi connectivity index (χ3v) is 18.1. The largest absolute Gasteiger partial charge is 0.460 e. The second-order valence-electron chi connectivity index (χ2n) is 24.6. The molecule has 1 aliphatic heterocycles. The summed E-state index contributed by atoms with van der Waals surface area (Å²) >= 11 is 0. The first-order valence-electron chi connectivity index (χ1n) is 25.5. The van der Waals surface area contributed by atoms with Crippen LogP contribution in [0.4, 0.5) is 0 Å². The van der Waals surface area contributed by atoms with Crippen molar-refractivity contribution in [1.29, 1.82) is 0 Å². The Hall–Kier alpha value is -2.49. The van der Waals surface area contributed by atoms with Crippen LogP contribution in [0.3, 0.4) is 0 Å². The Balaban J connectivity index is 0.000000193. The van der Waals surface area contributed by atoms with Crippen LogP contribution in [0.2, 0.25) is 0 Å². The quantitative estimate of drug-likeness (QED) is 0.0921. The highest BCUT2D eigenvalue weighted by Crippen LogP contribution is 2.73. The van der Waals surface area contributed by atoms with Crippen LogP contribution in [0.5, 0.6) is 0 Å². The zero-order chi connectivity index (χ0) is 48.6. The molecule has 0 spiro atoms. The van der Waals surface area contributed by atoms with Crippen LogP contribution < -0.4 is 0 Å². The van der Waals surface area contributed by atoms with Gasteiger partial charge in [0.1, 0.15) is 16.8 Å². The number of hydrogen-bond donors (Lipinski definition) is 1. The first kappa shape index (κ1) is 54.1. The monoisotopic (exact) mass is 901 g/mol. The zero-order valence-corrected chi connectivity index (χ0v) is 43.5. The molecule has 18 atom stereocenters. The lowest BCUT2D eigenvalue weighted by atomic mass is 9.58. The number of rotatable bonds is 11. The Morgan fingerprint density at radius 1 is 0.656 bits per heavy atom. The highest BCUT2D eigenvalue weighted by Gasteiger charge is 2.68. The summed E-state index contributed by atoms with van der Waals surface area (Å²) < 4.78 is 21.0. The normalized spacial score (nSPS) is 38.7. The lowest BCUT2D eigenvalue weighted by Crippen LogP contribution is -2.43. The third kappa shape index (κ3) is 12.1. The lowest BCUT2D eigenvalue weighted by Gasteiger charge is -2.47. The summed E-state index contributed by atoms with van der Waals surface area (Å²) in [6.45, 7) is 36.9. The van der Waals surface area contributed by atoms with E-state index in [4.69, 9.17) is 14.2 Å². The Bertz CT molecular complexity index is 1590. The molecule has 0 aromatic heterocycles. The number of aliphatic hydroxyl groups excluding tert-OH is 1. The van der Waals surface area contributed by atoms with Gasteiger partial charge in [-0.25, -0.2) is 0 Å². The Labute approximate surface area is 388 Å². The highest BCUT2D eigenvalue weighted by molar-refractivity contribution is 5.95. The van der Waals surface area contributed by atoms with E-state index in [-0.39, 0.29) is 58.5 Å². The maximum atomic E-state index is 12.1. The van der Waals surface area contributed by atoms with Gasteiger partial charge in [0, 0.05) is 6.61 Å². The van der Waals surface area contributed by atoms with Gasteiger partial charge in [-0.15, -0.1) is 0 Å². The Morgan fingerprint density at radius 3 is 1.48 bits per heavy atom. The topological polar surface area (TPSA) is 143 Å². The summed E-state index contributed by atoms with van der Waals surface area (Å²) in [6, 6.07) is 0. The minimum atomic E-state index is -0.555. The van der Waals surface area contributed by atoms with Gasteiger partial charge in [0.05, 0.1) is 29.6 Å². The van der Waals surface area contributed by atoms with Gasteiger partial charge >= 0.3 is 29.8 Å². The van der Waals surface area contributed by atoms with Crippen molar-refractivity contribution in [2.24, 2.45) is 106 Å². The molecule has 0 radical (unpaired) electrons. The average molecular weight is 901 g/mol. The molecule has 1 heterocycles. The van der Waals surface area contributed by atoms with Crippen LogP contribution in [-0.2, 0) is 42.9 Å². The van der Waals surface area contributed by atoms with Crippen molar-refractivity contribution in [3.05, 3.63) is 0 Å². The molecule has 6 aliphatic carbocycles. The number of carbonyl (C=O) groups is 5. The van der Waals surface area contributed by atoms with Crippen LogP contribution in [-0.4, -0.2) is 58.4 Å². The predicted octanol–water partition coefficient (Wildman–Crippen LogP) is 11.3. The number of carbonyl (C=O) groups excluding carboxylic acids is 5. The van der Waals surface area contributed by atoms with Gasteiger partial charge in [-0.05, 0) is 183 Å². The molecular weight excluding hydrogens is 809 g/mol. The van der Waals surface area contributed by atoms with Crippen LogP contribution >= 0.6 is 0 Å². The van der Waals surface area contributed by atoms with Crippen molar-refractivity contribution in [2.75, 3.05) is 6.61 Å². The molecule has 0 amide bonds. The van der Waals surface area contributed by atoms with Gasteiger partial charge < -0.3 is 24.1 Å². The molecule has 1 saturated heterocycles. The molecule has 10 heteroatoms. The van der Waals surface area contributed by atoms with Crippen LogP contribution in [0.1, 0.15) is 182 Å². The molecule has 7 aliphatic rings. The lowest BCUT2D eigenvalue weighted by molar-refractivity contribution is -0.168. The van der Waals surface area contributed by atoms with E-state index in [1.54, 1.807) is 13.8 Å². The van der Waals surface area contributed by atoms with Crippen molar-refractivity contribution >= 4 is 29.8 Å². The number of ether oxygens (including phenoxy) is 4. The molecular formula is C54H92O10. The van der Waals surface area contributed by atoms with Gasteiger partial charge in [-0.2, -0.15) is 0 Å². The van der Waals surface area contributed by atoms with Crippen molar-refractivity contribution < 1.29 is 48.0 Å². The molecule has 10 nitrogen and oxygen atoms in total. The molecule has 18 unspecified atom stereocenters. The summed E-state index contributed by atoms with van der Waals surface area (Å²) in [6.07, 6.45) is 9.42. The van der Waals surface area contributed by atoms with Crippen molar-refractivity contribution in [3.8, 4) is 0 Å². The van der Waals surface area contributed by atoms with Gasteiger partial charge in [0.25, 0.3) is 0 Å². The van der Waals surface area contributed by atoms with Crippen LogP contribution in [0, 0.1) is 106 Å². The standard InChI is InChI=1S/C18H34O4.C16H26O.C14H24O2.C6H8O3/c1-9-13(3)15(19)21-17(5,6)11-12-18(7,8)22-16(20)14(4)10-2;1-8-9(2)12-5-11(8)14-10-4-13(15(12)14)16(3,6-10)7-17;1-8-9(2)11-6-10(8)7-12(11)13(15)16-14(3,4)5;1-3-4(2)6(8)9-5(3)7/h13-14H,9-12H2,1-8H3;8-15,17H,4-7H2,1-3H3;8-12H,6-7H2,1-5H3;3-4H,1-2H3. The summed E-state index contributed by atoms with van der Waals surface area (Å²) in [7, 11) is 0. The summed E-state index contributed by atoms with van der Waals surface area (Å²) in [5.41, 5.74) is -1.17. The summed E-state index contributed by atoms with van der Waals surface area (Å²) in [4.78, 5) is 57.0. The molecule has 368 valence electrons. The minimum absolute atomic E-state index is 0.0405. The third-order valence-electron chi connectivity index (χ3n) is 18.1. The fraction of sp³-hybridized carbons (Fsp3) is 0.907.